The molecular weight excluding hydrogens is 278 g/mol. The molecule has 0 saturated heterocycles. The van der Waals surface area contributed by atoms with Gasteiger partial charge in [0.2, 0.25) is 0 Å². The van der Waals surface area contributed by atoms with Gasteiger partial charge in [0.1, 0.15) is 0 Å². The first-order valence-corrected chi connectivity index (χ1v) is 8.18. The van der Waals surface area contributed by atoms with Crippen LogP contribution in [0.1, 0.15) is 19.2 Å². The van der Waals surface area contributed by atoms with Crippen molar-refractivity contribution in [3.05, 3.63) is 30.1 Å². The van der Waals surface area contributed by atoms with Crippen LogP contribution in [-0.4, -0.2) is 30.9 Å². The lowest BCUT2D eigenvalue weighted by Gasteiger charge is -2.02. The molecule has 1 heterocycles. The van der Waals surface area contributed by atoms with E-state index in [4.69, 9.17) is 10.3 Å². The van der Waals surface area contributed by atoms with Gasteiger partial charge in [-0.15, -0.1) is 0 Å². The second-order valence-corrected chi connectivity index (χ2v) is 6.70. The van der Waals surface area contributed by atoms with Crippen molar-refractivity contribution in [1.82, 2.24) is 10.1 Å². The molecule has 20 heavy (non-hydrogen) atoms. The van der Waals surface area contributed by atoms with Crippen molar-refractivity contribution in [2.75, 3.05) is 6.26 Å². The molecule has 1 atom stereocenters. The summed E-state index contributed by atoms with van der Waals surface area (Å²) < 4.78 is 27.9. The molecule has 0 fully saturated rings. The summed E-state index contributed by atoms with van der Waals surface area (Å²) in [6.45, 7) is 2.00. The van der Waals surface area contributed by atoms with Crippen LogP contribution < -0.4 is 5.73 Å². The maximum atomic E-state index is 11.4. The third-order valence-electron chi connectivity index (χ3n) is 2.97. The molecular formula is C13H17N3O3S. The molecule has 0 amide bonds. The molecule has 0 aliphatic heterocycles. The average molecular weight is 295 g/mol. The number of nitrogens with two attached hydrogens (primary N) is 1. The van der Waals surface area contributed by atoms with E-state index >= 15 is 0 Å². The number of sulfone groups is 1. The van der Waals surface area contributed by atoms with Crippen molar-refractivity contribution in [2.24, 2.45) is 5.73 Å². The lowest BCUT2D eigenvalue weighted by molar-refractivity contribution is 0.419. The highest BCUT2D eigenvalue weighted by molar-refractivity contribution is 7.90. The van der Waals surface area contributed by atoms with Crippen molar-refractivity contribution in [1.29, 1.82) is 0 Å². The zero-order valence-electron chi connectivity index (χ0n) is 11.4. The molecule has 0 saturated carbocycles. The predicted octanol–water partition coefficient (Wildman–Crippen LogP) is 1.42. The summed E-state index contributed by atoms with van der Waals surface area (Å²) in [5, 5.41) is 3.87. The van der Waals surface area contributed by atoms with E-state index in [1.807, 2.05) is 6.92 Å². The Morgan fingerprint density at radius 3 is 2.50 bits per heavy atom. The van der Waals surface area contributed by atoms with E-state index in [-0.39, 0.29) is 10.9 Å². The minimum Gasteiger partial charge on any atom is -0.334 e. The standard InChI is InChI=1S/C13H17N3O3S/c1-3-10(14)8-12-15-13(19-16-12)9-4-6-11(7-5-9)20(2,17)18/h4-7,10H,3,8,14H2,1-2H3. The van der Waals surface area contributed by atoms with Crippen LogP contribution in [-0.2, 0) is 16.3 Å². The Bertz CT molecular complexity index is 677. The number of aromatic nitrogens is 2. The van der Waals surface area contributed by atoms with Crippen molar-refractivity contribution in [2.45, 2.75) is 30.7 Å². The van der Waals surface area contributed by atoms with Crippen molar-refractivity contribution in [3.63, 3.8) is 0 Å². The van der Waals surface area contributed by atoms with Crippen LogP contribution in [0.4, 0.5) is 0 Å². The second kappa shape index (κ2) is 5.72. The summed E-state index contributed by atoms with van der Waals surface area (Å²) in [5.74, 6) is 0.921. The maximum Gasteiger partial charge on any atom is 0.257 e. The van der Waals surface area contributed by atoms with Gasteiger partial charge in [0.25, 0.3) is 5.89 Å². The molecule has 1 unspecified atom stereocenters. The molecule has 7 heteroatoms. The minimum absolute atomic E-state index is 0.00746. The normalized spacial score (nSPS) is 13.3. The predicted molar refractivity (Wildman–Crippen MR) is 74.8 cm³/mol. The Balaban J connectivity index is 2.20. The number of rotatable bonds is 5. The molecule has 1 aromatic heterocycles. The first-order valence-electron chi connectivity index (χ1n) is 6.29. The lowest BCUT2D eigenvalue weighted by Crippen LogP contribution is -2.21. The van der Waals surface area contributed by atoms with E-state index in [1.165, 1.54) is 18.4 Å². The minimum atomic E-state index is -3.20. The summed E-state index contributed by atoms with van der Waals surface area (Å²) in [7, 11) is -3.20. The fourth-order valence-corrected chi connectivity index (χ4v) is 2.31. The molecule has 1 aromatic carbocycles. The fourth-order valence-electron chi connectivity index (χ4n) is 1.68. The molecule has 6 nitrogen and oxygen atoms in total. The Morgan fingerprint density at radius 1 is 1.30 bits per heavy atom. The van der Waals surface area contributed by atoms with Crippen LogP contribution in [0.3, 0.4) is 0 Å². The molecule has 0 radical (unpaired) electrons. The summed E-state index contributed by atoms with van der Waals surface area (Å²) in [6, 6.07) is 6.34. The monoisotopic (exact) mass is 295 g/mol. The Kier molecular flexibility index (Phi) is 4.20. The molecule has 0 bridgehead atoms. The average Bonchev–Trinajstić information content (AvgIpc) is 2.86. The van der Waals surface area contributed by atoms with E-state index < -0.39 is 9.84 Å². The van der Waals surface area contributed by atoms with Crippen LogP contribution >= 0.6 is 0 Å². The van der Waals surface area contributed by atoms with E-state index in [0.29, 0.717) is 23.7 Å². The van der Waals surface area contributed by atoms with Crippen LogP contribution in [0.2, 0.25) is 0 Å². The zero-order valence-corrected chi connectivity index (χ0v) is 12.2. The van der Waals surface area contributed by atoms with E-state index in [9.17, 15) is 8.42 Å². The molecule has 108 valence electrons. The lowest BCUT2D eigenvalue weighted by atomic mass is 10.1. The third kappa shape index (κ3) is 3.43. The largest absolute Gasteiger partial charge is 0.334 e. The van der Waals surface area contributed by atoms with Gasteiger partial charge in [-0.05, 0) is 30.7 Å². The number of nitrogens with zero attached hydrogens (tertiary/aromatic N) is 2. The number of hydrogen-bond donors (Lipinski definition) is 1. The van der Waals surface area contributed by atoms with E-state index in [0.717, 1.165) is 6.42 Å². The fraction of sp³-hybridized carbons (Fsp3) is 0.385. The van der Waals surface area contributed by atoms with Crippen molar-refractivity contribution < 1.29 is 12.9 Å². The maximum absolute atomic E-state index is 11.4. The summed E-state index contributed by atoms with van der Waals surface area (Å²) in [4.78, 5) is 4.51. The highest BCUT2D eigenvalue weighted by Crippen LogP contribution is 2.20. The van der Waals surface area contributed by atoms with Gasteiger partial charge in [-0.2, -0.15) is 4.98 Å². The highest BCUT2D eigenvalue weighted by Gasteiger charge is 2.12. The third-order valence-corrected chi connectivity index (χ3v) is 4.10. The highest BCUT2D eigenvalue weighted by atomic mass is 32.2. The van der Waals surface area contributed by atoms with Gasteiger partial charge in [-0.25, -0.2) is 8.42 Å². The van der Waals surface area contributed by atoms with Crippen LogP contribution in [0.5, 0.6) is 0 Å². The Labute approximate surface area is 117 Å². The SMILES string of the molecule is CCC(N)Cc1noc(-c2ccc(S(C)(=O)=O)cc2)n1. The molecule has 0 aliphatic rings. The van der Waals surface area contributed by atoms with Crippen LogP contribution in [0, 0.1) is 0 Å². The van der Waals surface area contributed by atoms with Gasteiger partial charge in [0.15, 0.2) is 15.7 Å². The van der Waals surface area contributed by atoms with Gasteiger partial charge in [0.05, 0.1) is 4.90 Å². The summed E-state index contributed by atoms with van der Waals surface area (Å²) in [5.41, 5.74) is 6.51. The van der Waals surface area contributed by atoms with E-state index in [2.05, 4.69) is 10.1 Å². The van der Waals surface area contributed by atoms with Gasteiger partial charge in [0, 0.05) is 24.3 Å². The van der Waals surface area contributed by atoms with Gasteiger partial charge < -0.3 is 10.3 Å². The van der Waals surface area contributed by atoms with Gasteiger partial charge in [-0.3, -0.25) is 0 Å². The van der Waals surface area contributed by atoms with Gasteiger partial charge in [-0.1, -0.05) is 12.1 Å². The molecule has 0 aliphatic carbocycles. The summed E-state index contributed by atoms with van der Waals surface area (Å²) in [6.07, 6.45) is 2.56. The van der Waals surface area contributed by atoms with Crippen LogP contribution in [0.25, 0.3) is 11.5 Å². The van der Waals surface area contributed by atoms with Crippen molar-refractivity contribution in [3.8, 4) is 11.5 Å². The van der Waals surface area contributed by atoms with E-state index in [1.54, 1.807) is 12.1 Å². The number of hydrogen-bond acceptors (Lipinski definition) is 6. The smallest absolute Gasteiger partial charge is 0.257 e. The molecule has 2 aromatic rings. The topological polar surface area (TPSA) is 99.1 Å². The zero-order chi connectivity index (χ0) is 14.8. The molecule has 0 spiro atoms. The first kappa shape index (κ1) is 14.7. The molecule has 2 rings (SSSR count). The first-order chi connectivity index (χ1) is 9.40. The Morgan fingerprint density at radius 2 is 1.95 bits per heavy atom. The van der Waals surface area contributed by atoms with Gasteiger partial charge >= 0.3 is 0 Å². The Hall–Kier alpha value is -1.73. The molecule has 2 N–H and O–H groups in total. The second-order valence-electron chi connectivity index (χ2n) is 4.68. The van der Waals surface area contributed by atoms with Crippen LogP contribution in [0.15, 0.2) is 33.7 Å². The summed E-state index contributed by atoms with van der Waals surface area (Å²) >= 11 is 0. The number of benzene rings is 1. The van der Waals surface area contributed by atoms with Crippen molar-refractivity contribution >= 4 is 9.84 Å². The quantitative estimate of drug-likeness (QED) is 0.895.